The zero-order valence-corrected chi connectivity index (χ0v) is 10.1. The molecule has 0 aliphatic heterocycles. The lowest BCUT2D eigenvalue weighted by Gasteiger charge is -2.07. The molecule has 0 fully saturated rings. The molecule has 1 rings (SSSR count). The summed E-state index contributed by atoms with van der Waals surface area (Å²) in [7, 11) is 0. The summed E-state index contributed by atoms with van der Waals surface area (Å²) in [6.45, 7) is 1.81. The van der Waals surface area contributed by atoms with Gasteiger partial charge >= 0.3 is 0 Å². The van der Waals surface area contributed by atoms with Gasteiger partial charge in [0.1, 0.15) is 12.4 Å². The SMILES string of the molecule is CCCOCC(=O)Nc1c(F)cc(F)cc1[N+](=O)[O-]. The number of halogens is 2. The van der Waals surface area contributed by atoms with Crippen molar-refractivity contribution < 1.29 is 23.2 Å². The third kappa shape index (κ3) is 4.25. The number of nitro benzene ring substituents is 1. The molecule has 0 spiro atoms. The van der Waals surface area contributed by atoms with E-state index in [1.54, 1.807) is 0 Å². The van der Waals surface area contributed by atoms with Crippen LogP contribution in [0.5, 0.6) is 0 Å². The quantitative estimate of drug-likeness (QED) is 0.490. The van der Waals surface area contributed by atoms with E-state index in [9.17, 15) is 23.7 Å². The molecular weight excluding hydrogens is 262 g/mol. The summed E-state index contributed by atoms with van der Waals surface area (Å²) in [5.41, 5.74) is -1.52. The number of carbonyl (C=O) groups excluding carboxylic acids is 1. The van der Waals surface area contributed by atoms with Gasteiger partial charge in [-0.2, -0.15) is 0 Å². The van der Waals surface area contributed by atoms with Crippen molar-refractivity contribution in [1.82, 2.24) is 0 Å². The van der Waals surface area contributed by atoms with E-state index in [0.717, 1.165) is 0 Å². The second-order valence-corrected chi connectivity index (χ2v) is 3.64. The number of nitrogens with zero attached hydrogens (tertiary/aromatic N) is 1. The van der Waals surface area contributed by atoms with Crippen LogP contribution in [0, 0.1) is 21.7 Å². The molecule has 6 nitrogen and oxygen atoms in total. The Bertz CT molecular complexity index is 494. The molecule has 0 radical (unpaired) electrons. The molecule has 1 aromatic rings. The van der Waals surface area contributed by atoms with Crippen LogP contribution < -0.4 is 5.32 Å². The van der Waals surface area contributed by atoms with Crippen LogP contribution in [0.25, 0.3) is 0 Å². The fraction of sp³-hybridized carbons (Fsp3) is 0.364. The zero-order chi connectivity index (χ0) is 14.4. The number of hydrogen-bond donors (Lipinski definition) is 1. The van der Waals surface area contributed by atoms with E-state index in [-0.39, 0.29) is 6.61 Å². The maximum atomic E-state index is 13.4. The maximum absolute atomic E-state index is 13.4. The van der Waals surface area contributed by atoms with Gasteiger partial charge in [-0.25, -0.2) is 8.78 Å². The molecule has 104 valence electrons. The lowest BCUT2D eigenvalue weighted by molar-refractivity contribution is -0.384. The second-order valence-electron chi connectivity index (χ2n) is 3.64. The van der Waals surface area contributed by atoms with Crippen molar-refractivity contribution in [2.24, 2.45) is 0 Å². The number of carbonyl (C=O) groups is 1. The molecule has 0 unspecified atom stereocenters. The van der Waals surface area contributed by atoms with Crippen LogP contribution in [0.15, 0.2) is 12.1 Å². The topological polar surface area (TPSA) is 81.5 Å². The highest BCUT2D eigenvalue weighted by atomic mass is 19.1. The van der Waals surface area contributed by atoms with Crippen molar-refractivity contribution in [3.63, 3.8) is 0 Å². The molecule has 0 saturated heterocycles. The van der Waals surface area contributed by atoms with Crippen LogP contribution in [-0.2, 0) is 9.53 Å². The molecule has 0 aliphatic rings. The molecule has 1 aromatic carbocycles. The van der Waals surface area contributed by atoms with Gasteiger partial charge in [0.25, 0.3) is 11.6 Å². The van der Waals surface area contributed by atoms with Gasteiger partial charge in [0.05, 0.1) is 11.0 Å². The molecule has 1 amide bonds. The standard InChI is InChI=1S/C11H12F2N2O4/c1-2-3-19-6-10(16)14-11-8(13)4-7(12)5-9(11)15(17)18/h4-5H,2-3,6H2,1H3,(H,14,16). The number of ether oxygens (including phenoxy) is 1. The second kappa shape index (κ2) is 6.74. The maximum Gasteiger partial charge on any atom is 0.298 e. The van der Waals surface area contributed by atoms with Crippen LogP contribution >= 0.6 is 0 Å². The molecular formula is C11H12F2N2O4. The summed E-state index contributed by atoms with van der Waals surface area (Å²) in [5, 5.41) is 12.7. The smallest absolute Gasteiger partial charge is 0.298 e. The number of rotatable bonds is 6. The Hall–Kier alpha value is -2.09. The van der Waals surface area contributed by atoms with Crippen LogP contribution in [-0.4, -0.2) is 24.0 Å². The minimum absolute atomic E-state index is 0.335. The zero-order valence-electron chi connectivity index (χ0n) is 10.1. The van der Waals surface area contributed by atoms with Gasteiger partial charge in [-0.15, -0.1) is 0 Å². The van der Waals surface area contributed by atoms with E-state index < -0.39 is 33.8 Å². The minimum Gasteiger partial charge on any atom is -0.372 e. The van der Waals surface area contributed by atoms with Crippen molar-refractivity contribution in [1.29, 1.82) is 0 Å². The highest BCUT2D eigenvalue weighted by Crippen LogP contribution is 2.28. The Balaban J connectivity index is 2.88. The largest absolute Gasteiger partial charge is 0.372 e. The number of nitro groups is 1. The molecule has 0 aromatic heterocycles. The van der Waals surface area contributed by atoms with E-state index in [2.05, 4.69) is 0 Å². The van der Waals surface area contributed by atoms with E-state index in [0.29, 0.717) is 25.2 Å². The van der Waals surface area contributed by atoms with Crippen molar-refractivity contribution >= 4 is 17.3 Å². The Morgan fingerprint density at radius 2 is 2.16 bits per heavy atom. The van der Waals surface area contributed by atoms with Gasteiger partial charge in [0.15, 0.2) is 11.5 Å². The summed E-state index contributed by atoms with van der Waals surface area (Å²) in [6, 6.07) is 0.987. The number of anilines is 1. The molecule has 8 heteroatoms. The first-order chi connectivity index (χ1) is 8.95. The molecule has 0 heterocycles. The Kier molecular flexibility index (Phi) is 5.31. The van der Waals surface area contributed by atoms with Gasteiger partial charge in [-0.05, 0) is 6.42 Å². The van der Waals surface area contributed by atoms with Crippen LogP contribution in [0.2, 0.25) is 0 Å². The minimum atomic E-state index is -1.21. The predicted octanol–water partition coefficient (Wildman–Crippen LogP) is 2.24. The summed E-state index contributed by atoms with van der Waals surface area (Å²) < 4.78 is 31.2. The molecule has 0 bridgehead atoms. The van der Waals surface area contributed by atoms with E-state index in [1.165, 1.54) is 0 Å². The highest BCUT2D eigenvalue weighted by Gasteiger charge is 2.22. The van der Waals surface area contributed by atoms with Crippen molar-refractivity contribution in [2.75, 3.05) is 18.5 Å². The number of hydrogen-bond acceptors (Lipinski definition) is 4. The molecule has 0 atom stereocenters. The van der Waals surface area contributed by atoms with E-state index in [1.807, 2.05) is 12.2 Å². The summed E-state index contributed by atoms with van der Waals surface area (Å²) in [6.07, 6.45) is 0.693. The van der Waals surface area contributed by atoms with Crippen molar-refractivity contribution in [3.05, 3.63) is 33.9 Å². The monoisotopic (exact) mass is 274 g/mol. The average molecular weight is 274 g/mol. The van der Waals surface area contributed by atoms with Gasteiger partial charge in [0, 0.05) is 12.7 Å². The van der Waals surface area contributed by atoms with E-state index in [4.69, 9.17) is 4.74 Å². The van der Waals surface area contributed by atoms with Crippen LogP contribution in [0.4, 0.5) is 20.2 Å². The first-order valence-electron chi connectivity index (χ1n) is 5.46. The fourth-order valence-corrected chi connectivity index (χ4v) is 1.31. The van der Waals surface area contributed by atoms with E-state index >= 15 is 0 Å². The third-order valence-electron chi connectivity index (χ3n) is 2.08. The molecule has 0 saturated carbocycles. The highest BCUT2D eigenvalue weighted by molar-refractivity contribution is 5.94. The number of benzene rings is 1. The molecule has 19 heavy (non-hydrogen) atoms. The van der Waals surface area contributed by atoms with Gasteiger partial charge in [-0.3, -0.25) is 14.9 Å². The predicted molar refractivity (Wildman–Crippen MR) is 62.8 cm³/mol. The van der Waals surface area contributed by atoms with Crippen molar-refractivity contribution in [2.45, 2.75) is 13.3 Å². The molecule has 1 N–H and O–H groups in total. The van der Waals surface area contributed by atoms with Gasteiger partial charge < -0.3 is 10.1 Å². The lowest BCUT2D eigenvalue weighted by Crippen LogP contribution is -2.20. The first-order valence-corrected chi connectivity index (χ1v) is 5.46. The van der Waals surface area contributed by atoms with Crippen LogP contribution in [0.1, 0.15) is 13.3 Å². The Labute approximate surface area is 107 Å². The number of amides is 1. The van der Waals surface area contributed by atoms with Crippen LogP contribution in [0.3, 0.4) is 0 Å². The normalized spacial score (nSPS) is 10.3. The Morgan fingerprint density at radius 3 is 2.74 bits per heavy atom. The van der Waals surface area contributed by atoms with Crippen molar-refractivity contribution in [3.8, 4) is 0 Å². The third-order valence-corrected chi connectivity index (χ3v) is 2.08. The van der Waals surface area contributed by atoms with Gasteiger partial charge in [0.2, 0.25) is 0 Å². The summed E-state index contributed by atoms with van der Waals surface area (Å²) in [5.74, 6) is -3.05. The first kappa shape index (κ1) is 15.0. The number of nitrogens with one attached hydrogen (secondary N) is 1. The van der Waals surface area contributed by atoms with Gasteiger partial charge in [-0.1, -0.05) is 6.92 Å². The summed E-state index contributed by atoms with van der Waals surface area (Å²) in [4.78, 5) is 21.1. The lowest BCUT2D eigenvalue weighted by atomic mass is 10.2. The molecule has 0 aliphatic carbocycles. The summed E-state index contributed by atoms with van der Waals surface area (Å²) >= 11 is 0. The fourth-order valence-electron chi connectivity index (χ4n) is 1.31. The Morgan fingerprint density at radius 1 is 1.47 bits per heavy atom. The average Bonchev–Trinajstić information content (AvgIpc) is 2.32.